The van der Waals surface area contributed by atoms with Gasteiger partial charge in [0.25, 0.3) is 0 Å². The lowest BCUT2D eigenvalue weighted by Gasteiger charge is -2.19. The van der Waals surface area contributed by atoms with Crippen LogP contribution in [0.1, 0.15) is 37.3 Å². The number of ether oxygens (including phenoxy) is 1. The van der Waals surface area contributed by atoms with E-state index in [4.69, 9.17) is 10.5 Å². The summed E-state index contributed by atoms with van der Waals surface area (Å²) in [6.07, 6.45) is 6.18. The van der Waals surface area contributed by atoms with Gasteiger partial charge in [0.2, 0.25) is 0 Å². The van der Waals surface area contributed by atoms with Crippen LogP contribution in [0.2, 0.25) is 0 Å². The molecule has 1 aliphatic carbocycles. The summed E-state index contributed by atoms with van der Waals surface area (Å²) in [6.45, 7) is 2.70. The Hall–Kier alpha value is -1.02. The Kier molecular flexibility index (Phi) is 3.83. The first-order valence-electron chi connectivity index (χ1n) is 6.32. The molecule has 0 spiro atoms. The van der Waals surface area contributed by atoms with E-state index in [-0.39, 0.29) is 6.10 Å². The molecule has 1 aromatic carbocycles. The Bertz CT molecular complexity index is 345. The highest BCUT2D eigenvalue weighted by atomic mass is 16.5. The molecule has 0 amide bonds. The molecular weight excluding hydrogens is 198 g/mol. The maximum atomic E-state index is 5.85. The van der Waals surface area contributed by atoms with Crippen molar-refractivity contribution in [3.8, 4) is 5.75 Å². The van der Waals surface area contributed by atoms with Crippen LogP contribution in [0.5, 0.6) is 5.75 Å². The van der Waals surface area contributed by atoms with Gasteiger partial charge in [0.15, 0.2) is 0 Å². The zero-order valence-corrected chi connectivity index (χ0v) is 10.0. The molecule has 88 valence electrons. The fourth-order valence-corrected chi connectivity index (χ4v) is 2.27. The van der Waals surface area contributed by atoms with Gasteiger partial charge in [-0.15, -0.1) is 0 Å². The van der Waals surface area contributed by atoms with Gasteiger partial charge in [-0.2, -0.15) is 0 Å². The molecule has 0 bridgehead atoms. The molecule has 0 aromatic heterocycles. The Morgan fingerprint density at radius 1 is 1.25 bits per heavy atom. The van der Waals surface area contributed by atoms with E-state index in [1.54, 1.807) is 0 Å². The zero-order valence-electron chi connectivity index (χ0n) is 10.0. The molecule has 0 fully saturated rings. The molecule has 1 aliphatic rings. The first-order chi connectivity index (χ1) is 7.83. The summed E-state index contributed by atoms with van der Waals surface area (Å²) in [4.78, 5) is 0. The molecule has 2 N–H and O–H groups in total. The maximum Gasteiger partial charge on any atom is 0.120 e. The van der Waals surface area contributed by atoms with Gasteiger partial charge in [0.1, 0.15) is 11.9 Å². The molecule has 16 heavy (non-hydrogen) atoms. The molecule has 1 aromatic rings. The van der Waals surface area contributed by atoms with Crippen molar-refractivity contribution in [2.24, 2.45) is 5.73 Å². The van der Waals surface area contributed by atoms with E-state index >= 15 is 0 Å². The number of nitrogens with two attached hydrogens (primary N) is 1. The minimum Gasteiger partial charge on any atom is -0.489 e. The third kappa shape index (κ3) is 2.56. The highest BCUT2D eigenvalue weighted by molar-refractivity contribution is 5.37. The fourth-order valence-electron chi connectivity index (χ4n) is 2.27. The van der Waals surface area contributed by atoms with E-state index in [0.717, 1.165) is 12.2 Å². The van der Waals surface area contributed by atoms with Gasteiger partial charge in [0.05, 0.1) is 0 Å². The number of fused-ring (bicyclic) bond motifs is 1. The molecule has 0 radical (unpaired) electrons. The molecule has 2 rings (SSSR count). The maximum absolute atomic E-state index is 5.85. The Labute approximate surface area is 97.8 Å². The van der Waals surface area contributed by atoms with Crippen LogP contribution in [0.15, 0.2) is 18.2 Å². The first kappa shape index (κ1) is 11.5. The fraction of sp³-hybridized carbons (Fsp3) is 0.571. The van der Waals surface area contributed by atoms with Crippen molar-refractivity contribution < 1.29 is 4.74 Å². The summed E-state index contributed by atoms with van der Waals surface area (Å²) in [6, 6.07) is 6.50. The van der Waals surface area contributed by atoms with E-state index < -0.39 is 0 Å². The van der Waals surface area contributed by atoms with Gasteiger partial charge in [-0.05, 0) is 55.4 Å². The summed E-state index contributed by atoms with van der Waals surface area (Å²) in [5.74, 6) is 0.984. The average Bonchev–Trinajstić information content (AvgIpc) is 2.35. The standard InChI is InChI=1S/C14H21NO/c1-2-13(10-15)16-14-8-7-11-5-3-4-6-12(11)9-14/h7-9,13H,2-6,10,15H2,1H3. The molecule has 1 unspecified atom stereocenters. The van der Waals surface area contributed by atoms with Crippen molar-refractivity contribution >= 4 is 0 Å². The van der Waals surface area contributed by atoms with E-state index in [2.05, 4.69) is 25.1 Å². The van der Waals surface area contributed by atoms with Crippen molar-refractivity contribution in [2.75, 3.05) is 6.54 Å². The molecule has 0 saturated carbocycles. The van der Waals surface area contributed by atoms with Gasteiger partial charge in [-0.1, -0.05) is 13.0 Å². The monoisotopic (exact) mass is 219 g/mol. The van der Waals surface area contributed by atoms with E-state index in [0.29, 0.717) is 6.54 Å². The minimum atomic E-state index is 0.154. The van der Waals surface area contributed by atoms with Crippen LogP contribution in [-0.2, 0) is 12.8 Å². The van der Waals surface area contributed by atoms with E-state index in [1.165, 1.54) is 36.8 Å². The smallest absolute Gasteiger partial charge is 0.120 e. The predicted molar refractivity (Wildman–Crippen MR) is 66.8 cm³/mol. The highest BCUT2D eigenvalue weighted by Gasteiger charge is 2.11. The average molecular weight is 219 g/mol. The second-order valence-corrected chi connectivity index (χ2v) is 4.52. The normalized spacial score (nSPS) is 16.6. The molecule has 0 heterocycles. The Morgan fingerprint density at radius 2 is 2.00 bits per heavy atom. The van der Waals surface area contributed by atoms with Crippen LogP contribution >= 0.6 is 0 Å². The quantitative estimate of drug-likeness (QED) is 0.845. The SMILES string of the molecule is CCC(CN)Oc1ccc2c(c1)CCCC2. The summed E-state index contributed by atoms with van der Waals surface area (Å²) in [7, 11) is 0. The number of benzene rings is 1. The lowest BCUT2D eigenvalue weighted by molar-refractivity contribution is 0.205. The number of aryl methyl sites for hydroxylation is 2. The number of rotatable bonds is 4. The van der Waals surface area contributed by atoms with Crippen molar-refractivity contribution in [1.29, 1.82) is 0 Å². The van der Waals surface area contributed by atoms with Gasteiger partial charge in [0, 0.05) is 6.54 Å². The molecular formula is C14H21NO. The molecule has 2 heteroatoms. The second-order valence-electron chi connectivity index (χ2n) is 4.52. The second kappa shape index (κ2) is 5.35. The minimum absolute atomic E-state index is 0.154. The molecule has 1 atom stereocenters. The summed E-state index contributed by atoms with van der Waals surface area (Å²) < 4.78 is 5.85. The highest BCUT2D eigenvalue weighted by Crippen LogP contribution is 2.25. The van der Waals surface area contributed by atoms with Gasteiger partial charge in [-0.25, -0.2) is 0 Å². The lowest BCUT2D eigenvalue weighted by Crippen LogP contribution is -2.25. The third-order valence-corrected chi connectivity index (χ3v) is 3.34. The van der Waals surface area contributed by atoms with E-state index in [1.807, 2.05) is 0 Å². The summed E-state index contributed by atoms with van der Waals surface area (Å²) in [5, 5.41) is 0. The zero-order chi connectivity index (χ0) is 11.4. The lowest BCUT2D eigenvalue weighted by atomic mass is 9.92. The molecule has 0 aliphatic heterocycles. The van der Waals surface area contributed by atoms with Gasteiger partial charge in [-0.3, -0.25) is 0 Å². The Morgan fingerprint density at radius 3 is 2.69 bits per heavy atom. The molecule has 2 nitrogen and oxygen atoms in total. The third-order valence-electron chi connectivity index (χ3n) is 3.34. The van der Waals surface area contributed by atoms with Crippen LogP contribution in [-0.4, -0.2) is 12.6 Å². The first-order valence-corrected chi connectivity index (χ1v) is 6.32. The molecule has 0 saturated heterocycles. The van der Waals surface area contributed by atoms with Gasteiger partial charge >= 0.3 is 0 Å². The van der Waals surface area contributed by atoms with Crippen LogP contribution in [0, 0.1) is 0 Å². The van der Waals surface area contributed by atoms with Crippen molar-refractivity contribution in [3.05, 3.63) is 29.3 Å². The summed E-state index contributed by atoms with van der Waals surface area (Å²) >= 11 is 0. The topological polar surface area (TPSA) is 35.2 Å². The predicted octanol–water partition coefficient (Wildman–Crippen LogP) is 2.68. The summed E-state index contributed by atoms with van der Waals surface area (Å²) in [5.41, 5.74) is 8.61. The van der Waals surface area contributed by atoms with E-state index in [9.17, 15) is 0 Å². The number of hydrogen-bond donors (Lipinski definition) is 1. The van der Waals surface area contributed by atoms with Crippen LogP contribution in [0.3, 0.4) is 0 Å². The van der Waals surface area contributed by atoms with Crippen molar-refractivity contribution in [3.63, 3.8) is 0 Å². The van der Waals surface area contributed by atoms with Crippen LogP contribution in [0.4, 0.5) is 0 Å². The van der Waals surface area contributed by atoms with Crippen molar-refractivity contribution in [1.82, 2.24) is 0 Å². The van der Waals surface area contributed by atoms with Gasteiger partial charge < -0.3 is 10.5 Å². The van der Waals surface area contributed by atoms with Crippen molar-refractivity contribution in [2.45, 2.75) is 45.1 Å². The van der Waals surface area contributed by atoms with Crippen LogP contribution in [0.25, 0.3) is 0 Å². The Balaban J connectivity index is 2.10. The van der Waals surface area contributed by atoms with Crippen LogP contribution < -0.4 is 10.5 Å². The number of hydrogen-bond acceptors (Lipinski definition) is 2. The largest absolute Gasteiger partial charge is 0.489 e.